The fourth-order valence-corrected chi connectivity index (χ4v) is 3.80. The number of aromatic nitrogens is 1. The molecule has 35 heavy (non-hydrogen) atoms. The van der Waals surface area contributed by atoms with Gasteiger partial charge in [-0.25, -0.2) is 9.78 Å². The van der Waals surface area contributed by atoms with Gasteiger partial charge in [-0.3, -0.25) is 0 Å². The van der Waals surface area contributed by atoms with E-state index in [-0.39, 0.29) is 30.4 Å². The number of carboxylic acid groups (broad SMARTS) is 1. The maximum absolute atomic E-state index is 11.8. The van der Waals surface area contributed by atoms with Crippen LogP contribution in [0.25, 0.3) is 22.4 Å². The van der Waals surface area contributed by atoms with Crippen LogP contribution in [0.2, 0.25) is 0 Å². The van der Waals surface area contributed by atoms with Crippen molar-refractivity contribution in [3.8, 4) is 34.0 Å². The van der Waals surface area contributed by atoms with Crippen LogP contribution in [-0.2, 0) is 13.0 Å². The molecule has 0 unspecified atom stereocenters. The second-order valence-corrected chi connectivity index (χ2v) is 7.94. The number of nitrogens with two attached hydrogens (primary N) is 1. The van der Waals surface area contributed by atoms with Gasteiger partial charge in [0.2, 0.25) is 5.88 Å². The molecular weight excluding hydrogens is 483 g/mol. The molecule has 0 fully saturated rings. The fraction of sp³-hybridized carbons (Fsp3) is 0.143. The zero-order valence-corrected chi connectivity index (χ0v) is 21.2. The molecule has 0 radical (unpaired) electrons. The van der Waals surface area contributed by atoms with E-state index in [0.29, 0.717) is 29.4 Å². The number of aromatic carboxylic acids is 1. The standard InChI is InChI=1S/C28H26N2O3.2ClH/c1-3-19-10-11-24(28(31)32)25(15-19)26-8-5-9-27(30-26)33-23-13-18(2)12-22(16-23)21-7-4-6-20(14-21)17-29;;/h4-16H,3,17,29H2,1-2H3,(H,31,32);2*1H. The van der Waals surface area contributed by atoms with Crippen LogP contribution in [0.3, 0.4) is 0 Å². The second kappa shape index (κ2) is 12.4. The Labute approximate surface area is 217 Å². The van der Waals surface area contributed by atoms with E-state index in [0.717, 1.165) is 34.2 Å². The largest absolute Gasteiger partial charge is 0.478 e. The van der Waals surface area contributed by atoms with Crippen LogP contribution in [0.15, 0.2) is 78.9 Å². The van der Waals surface area contributed by atoms with Gasteiger partial charge in [0, 0.05) is 18.2 Å². The van der Waals surface area contributed by atoms with Gasteiger partial charge in [-0.05, 0) is 77.6 Å². The maximum atomic E-state index is 11.8. The molecule has 182 valence electrons. The SMILES string of the molecule is CCc1ccc(C(=O)O)c(-c2cccc(Oc3cc(C)cc(-c4cccc(CN)c4)c3)n2)c1.Cl.Cl. The van der Waals surface area contributed by atoms with E-state index in [1.165, 1.54) is 0 Å². The van der Waals surface area contributed by atoms with Crippen molar-refractivity contribution in [1.29, 1.82) is 0 Å². The van der Waals surface area contributed by atoms with E-state index in [9.17, 15) is 9.90 Å². The summed E-state index contributed by atoms with van der Waals surface area (Å²) in [6.07, 6.45) is 0.806. The van der Waals surface area contributed by atoms with Crippen molar-refractivity contribution in [2.75, 3.05) is 0 Å². The molecule has 0 spiro atoms. The molecule has 0 aliphatic heterocycles. The van der Waals surface area contributed by atoms with E-state index in [1.54, 1.807) is 18.2 Å². The monoisotopic (exact) mass is 510 g/mol. The Morgan fingerprint density at radius 3 is 2.40 bits per heavy atom. The van der Waals surface area contributed by atoms with Gasteiger partial charge in [-0.2, -0.15) is 0 Å². The smallest absolute Gasteiger partial charge is 0.336 e. The minimum Gasteiger partial charge on any atom is -0.478 e. The number of nitrogens with zero attached hydrogens (tertiary/aromatic N) is 1. The maximum Gasteiger partial charge on any atom is 0.336 e. The van der Waals surface area contributed by atoms with Crippen molar-refractivity contribution in [3.63, 3.8) is 0 Å². The summed E-state index contributed by atoms with van der Waals surface area (Å²) in [4.78, 5) is 16.4. The van der Waals surface area contributed by atoms with Gasteiger partial charge in [0.25, 0.3) is 0 Å². The Kier molecular flexibility index (Phi) is 9.84. The lowest BCUT2D eigenvalue weighted by Crippen LogP contribution is -2.02. The number of hydrogen-bond acceptors (Lipinski definition) is 4. The zero-order chi connectivity index (χ0) is 23.4. The fourth-order valence-electron chi connectivity index (χ4n) is 3.80. The molecule has 0 amide bonds. The van der Waals surface area contributed by atoms with Crippen molar-refractivity contribution in [1.82, 2.24) is 4.98 Å². The molecule has 7 heteroatoms. The molecule has 5 nitrogen and oxygen atoms in total. The van der Waals surface area contributed by atoms with Gasteiger partial charge in [0.15, 0.2) is 0 Å². The van der Waals surface area contributed by atoms with Crippen molar-refractivity contribution in [2.24, 2.45) is 5.73 Å². The minimum absolute atomic E-state index is 0. The summed E-state index contributed by atoms with van der Waals surface area (Å²) in [5.41, 5.74) is 12.4. The van der Waals surface area contributed by atoms with Gasteiger partial charge in [-0.15, -0.1) is 24.8 Å². The van der Waals surface area contributed by atoms with Crippen LogP contribution in [0.4, 0.5) is 0 Å². The molecule has 1 heterocycles. The summed E-state index contributed by atoms with van der Waals surface area (Å²) in [6, 6.07) is 24.9. The molecular formula is C28H28Cl2N2O3. The van der Waals surface area contributed by atoms with E-state index in [1.807, 2.05) is 62.4 Å². The Bertz CT molecular complexity index is 1330. The lowest BCUT2D eigenvalue weighted by molar-refractivity contribution is 0.0697. The number of benzene rings is 3. The summed E-state index contributed by atoms with van der Waals surface area (Å²) in [6.45, 7) is 4.53. The van der Waals surface area contributed by atoms with E-state index in [2.05, 4.69) is 17.1 Å². The van der Waals surface area contributed by atoms with Gasteiger partial charge >= 0.3 is 5.97 Å². The first-order chi connectivity index (χ1) is 16.0. The van der Waals surface area contributed by atoms with Gasteiger partial charge in [0.05, 0.1) is 11.3 Å². The number of ether oxygens (including phenoxy) is 1. The first-order valence-corrected chi connectivity index (χ1v) is 10.9. The first kappa shape index (κ1) is 27.9. The normalized spacial score (nSPS) is 10.1. The third-order valence-electron chi connectivity index (χ3n) is 5.49. The highest BCUT2D eigenvalue weighted by atomic mass is 35.5. The molecule has 0 saturated heterocycles. The van der Waals surface area contributed by atoms with Gasteiger partial charge < -0.3 is 15.6 Å². The molecule has 4 aromatic rings. The minimum atomic E-state index is -0.983. The predicted molar refractivity (Wildman–Crippen MR) is 145 cm³/mol. The van der Waals surface area contributed by atoms with Crippen LogP contribution < -0.4 is 10.5 Å². The third-order valence-corrected chi connectivity index (χ3v) is 5.49. The molecule has 0 aliphatic carbocycles. The Morgan fingerprint density at radius 1 is 0.914 bits per heavy atom. The Morgan fingerprint density at radius 2 is 1.69 bits per heavy atom. The molecule has 0 bridgehead atoms. The van der Waals surface area contributed by atoms with E-state index < -0.39 is 5.97 Å². The Balaban J connectivity index is 0.00000216. The number of pyridine rings is 1. The van der Waals surface area contributed by atoms with E-state index >= 15 is 0 Å². The average Bonchev–Trinajstić information content (AvgIpc) is 2.83. The van der Waals surface area contributed by atoms with Crippen LogP contribution in [0.1, 0.15) is 34.0 Å². The summed E-state index contributed by atoms with van der Waals surface area (Å²) in [5, 5.41) is 9.63. The topological polar surface area (TPSA) is 85.4 Å². The van der Waals surface area contributed by atoms with Crippen molar-refractivity contribution < 1.29 is 14.6 Å². The number of aryl methyl sites for hydroxylation is 2. The van der Waals surface area contributed by atoms with Crippen LogP contribution >= 0.6 is 24.8 Å². The zero-order valence-electron chi connectivity index (χ0n) is 19.5. The summed E-state index contributed by atoms with van der Waals surface area (Å²) < 4.78 is 6.11. The van der Waals surface area contributed by atoms with E-state index in [4.69, 9.17) is 10.5 Å². The lowest BCUT2D eigenvalue weighted by atomic mass is 9.99. The molecule has 3 aromatic carbocycles. The third kappa shape index (κ3) is 6.61. The van der Waals surface area contributed by atoms with Crippen molar-refractivity contribution in [2.45, 2.75) is 26.8 Å². The quantitative estimate of drug-likeness (QED) is 0.277. The average molecular weight is 511 g/mol. The number of hydrogen-bond donors (Lipinski definition) is 2. The van der Waals surface area contributed by atoms with Gasteiger partial charge in [0.1, 0.15) is 5.75 Å². The summed E-state index contributed by atoms with van der Waals surface area (Å²) in [7, 11) is 0. The number of rotatable bonds is 7. The number of carbonyl (C=O) groups is 1. The summed E-state index contributed by atoms with van der Waals surface area (Å²) >= 11 is 0. The van der Waals surface area contributed by atoms with Crippen molar-refractivity contribution >= 4 is 30.8 Å². The Hall–Kier alpha value is -3.38. The summed E-state index contributed by atoms with van der Waals surface area (Å²) in [5.74, 6) is 0.0791. The van der Waals surface area contributed by atoms with Crippen LogP contribution in [0, 0.1) is 6.92 Å². The highest BCUT2D eigenvalue weighted by molar-refractivity contribution is 5.95. The molecule has 0 atom stereocenters. The number of carboxylic acids is 1. The number of halogens is 2. The highest BCUT2D eigenvalue weighted by Crippen LogP contribution is 2.31. The second-order valence-electron chi connectivity index (χ2n) is 7.94. The highest BCUT2D eigenvalue weighted by Gasteiger charge is 2.14. The molecule has 0 saturated carbocycles. The first-order valence-electron chi connectivity index (χ1n) is 10.9. The van der Waals surface area contributed by atoms with Crippen molar-refractivity contribution in [3.05, 3.63) is 101 Å². The lowest BCUT2D eigenvalue weighted by Gasteiger charge is -2.12. The molecule has 0 aliphatic rings. The molecule has 3 N–H and O–H groups in total. The molecule has 1 aromatic heterocycles. The molecule has 4 rings (SSSR count). The van der Waals surface area contributed by atoms with Crippen LogP contribution in [0.5, 0.6) is 11.6 Å². The predicted octanol–water partition coefficient (Wildman–Crippen LogP) is 7.08. The van der Waals surface area contributed by atoms with Crippen LogP contribution in [-0.4, -0.2) is 16.1 Å². The van der Waals surface area contributed by atoms with Gasteiger partial charge in [-0.1, -0.05) is 43.3 Å².